The first-order chi connectivity index (χ1) is 9.10. The van der Waals surface area contributed by atoms with Crippen LogP contribution in [-0.4, -0.2) is 5.78 Å². The van der Waals surface area contributed by atoms with Crippen LogP contribution in [0.15, 0.2) is 42.5 Å². The third-order valence-corrected chi connectivity index (χ3v) is 2.71. The number of hydrogen-bond donors (Lipinski definition) is 2. The van der Waals surface area contributed by atoms with Gasteiger partial charge in [-0.3, -0.25) is 4.79 Å². The minimum absolute atomic E-state index is 0.0597. The molecule has 0 spiro atoms. The van der Waals surface area contributed by atoms with Crippen LogP contribution in [0.3, 0.4) is 0 Å². The molecule has 0 aliphatic rings. The van der Waals surface area contributed by atoms with E-state index < -0.39 is 0 Å². The monoisotopic (exact) mass is 251 g/mol. The molecule has 0 amide bonds. The molecule has 0 aliphatic carbocycles. The van der Waals surface area contributed by atoms with E-state index in [4.69, 9.17) is 11.0 Å². The number of nitrogens with zero attached hydrogens (tertiary/aromatic N) is 1. The van der Waals surface area contributed by atoms with Gasteiger partial charge in [0.15, 0.2) is 5.78 Å². The Kier molecular flexibility index (Phi) is 3.48. The summed E-state index contributed by atoms with van der Waals surface area (Å²) >= 11 is 0. The molecular weight excluding hydrogens is 238 g/mol. The Morgan fingerprint density at radius 2 is 1.95 bits per heavy atom. The molecule has 0 fully saturated rings. The maximum atomic E-state index is 11.3. The van der Waals surface area contributed by atoms with Crippen LogP contribution in [0.2, 0.25) is 0 Å². The fourth-order valence-electron chi connectivity index (χ4n) is 1.79. The van der Waals surface area contributed by atoms with Gasteiger partial charge in [0.1, 0.15) is 0 Å². The number of Topliss-reactive ketones (excluding diaryl/α,β-unsaturated/α-hetero) is 1. The number of carbonyl (C=O) groups excluding carboxylic acids is 1. The van der Waals surface area contributed by atoms with Gasteiger partial charge in [0.2, 0.25) is 0 Å². The summed E-state index contributed by atoms with van der Waals surface area (Å²) in [6.07, 6.45) is 0. The number of nitrogens with two attached hydrogens (primary N) is 1. The van der Waals surface area contributed by atoms with Crippen LogP contribution in [0.4, 0.5) is 17.1 Å². The van der Waals surface area contributed by atoms with Gasteiger partial charge in [0.05, 0.1) is 11.6 Å². The molecule has 2 aromatic rings. The third kappa shape index (κ3) is 2.90. The van der Waals surface area contributed by atoms with Crippen LogP contribution in [0, 0.1) is 11.3 Å². The first-order valence-electron chi connectivity index (χ1n) is 5.78. The summed E-state index contributed by atoms with van der Waals surface area (Å²) in [7, 11) is 0. The van der Waals surface area contributed by atoms with Gasteiger partial charge in [0.25, 0.3) is 0 Å². The second-order valence-electron chi connectivity index (χ2n) is 4.18. The Labute approximate surface area is 111 Å². The highest BCUT2D eigenvalue weighted by molar-refractivity contribution is 5.99. The fourth-order valence-corrected chi connectivity index (χ4v) is 1.79. The Hall–Kier alpha value is -2.80. The molecule has 4 nitrogen and oxygen atoms in total. The van der Waals surface area contributed by atoms with Gasteiger partial charge < -0.3 is 11.1 Å². The number of hydrogen-bond acceptors (Lipinski definition) is 4. The van der Waals surface area contributed by atoms with Gasteiger partial charge in [-0.2, -0.15) is 5.26 Å². The number of nitriles is 1. The fraction of sp³-hybridized carbons (Fsp3) is 0.0667. The van der Waals surface area contributed by atoms with Crippen molar-refractivity contribution >= 4 is 22.8 Å². The molecule has 0 saturated carbocycles. The Morgan fingerprint density at radius 1 is 1.21 bits per heavy atom. The molecule has 19 heavy (non-hydrogen) atoms. The number of nitrogen functional groups attached to an aromatic ring is 1. The van der Waals surface area contributed by atoms with Gasteiger partial charge in [-0.15, -0.1) is 0 Å². The highest BCUT2D eigenvalue weighted by Crippen LogP contribution is 2.22. The van der Waals surface area contributed by atoms with Crippen LogP contribution in [-0.2, 0) is 0 Å². The van der Waals surface area contributed by atoms with Crippen molar-refractivity contribution in [2.45, 2.75) is 6.92 Å². The molecular formula is C15H13N3O. The topological polar surface area (TPSA) is 78.9 Å². The standard InChI is InChI=1S/C15H13N3O/c1-10(19)14-6-5-13(8-15(14)17)18-12-4-2-3-11(7-12)9-16/h2-8,18H,17H2,1H3. The molecule has 0 radical (unpaired) electrons. The van der Waals surface area contributed by atoms with E-state index in [2.05, 4.69) is 11.4 Å². The van der Waals surface area contributed by atoms with E-state index in [0.29, 0.717) is 16.8 Å². The lowest BCUT2D eigenvalue weighted by molar-refractivity contribution is 0.101. The summed E-state index contributed by atoms with van der Waals surface area (Å²) in [6.45, 7) is 1.48. The maximum Gasteiger partial charge on any atom is 0.161 e. The second-order valence-corrected chi connectivity index (χ2v) is 4.18. The van der Waals surface area contributed by atoms with Crippen LogP contribution in [0.25, 0.3) is 0 Å². The smallest absolute Gasteiger partial charge is 0.161 e. The first kappa shape index (κ1) is 12.7. The average molecular weight is 251 g/mol. The highest BCUT2D eigenvalue weighted by Gasteiger charge is 2.05. The Bertz CT molecular complexity index is 671. The van der Waals surface area contributed by atoms with Crippen molar-refractivity contribution in [3.05, 3.63) is 53.6 Å². The minimum atomic E-state index is -0.0597. The molecule has 0 unspecified atom stereocenters. The summed E-state index contributed by atoms with van der Waals surface area (Å²) in [4.78, 5) is 11.3. The largest absolute Gasteiger partial charge is 0.398 e. The molecule has 0 atom stereocenters. The summed E-state index contributed by atoms with van der Waals surface area (Å²) < 4.78 is 0. The number of benzene rings is 2. The lowest BCUT2D eigenvalue weighted by Gasteiger charge is -2.09. The molecule has 3 N–H and O–H groups in total. The lowest BCUT2D eigenvalue weighted by Crippen LogP contribution is -2.00. The van der Waals surface area contributed by atoms with Gasteiger partial charge in [-0.1, -0.05) is 6.07 Å². The van der Waals surface area contributed by atoms with Crippen LogP contribution < -0.4 is 11.1 Å². The molecule has 4 heteroatoms. The van der Waals surface area contributed by atoms with Gasteiger partial charge in [0, 0.05) is 22.6 Å². The number of rotatable bonds is 3. The van der Waals surface area contributed by atoms with Crippen molar-refractivity contribution in [3.8, 4) is 6.07 Å². The summed E-state index contributed by atoms with van der Waals surface area (Å²) in [5.41, 5.74) is 8.93. The van der Waals surface area contributed by atoms with Gasteiger partial charge in [-0.05, 0) is 43.3 Å². The third-order valence-electron chi connectivity index (χ3n) is 2.71. The summed E-state index contributed by atoms with van der Waals surface area (Å²) in [5, 5.41) is 12.0. The molecule has 0 heterocycles. The molecule has 94 valence electrons. The van der Waals surface area contributed by atoms with Crippen molar-refractivity contribution in [2.24, 2.45) is 0 Å². The van der Waals surface area contributed by atoms with E-state index in [1.54, 1.807) is 36.4 Å². The molecule has 0 aromatic heterocycles. The Balaban J connectivity index is 2.26. The first-order valence-corrected chi connectivity index (χ1v) is 5.78. The average Bonchev–Trinajstić information content (AvgIpc) is 2.38. The van der Waals surface area contributed by atoms with Crippen molar-refractivity contribution in [1.82, 2.24) is 0 Å². The normalized spacial score (nSPS) is 9.68. The van der Waals surface area contributed by atoms with Crippen molar-refractivity contribution < 1.29 is 4.79 Å². The zero-order valence-electron chi connectivity index (χ0n) is 10.5. The Morgan fingerprint density at radius 3 is 2.58 bits per heavy atom. The van der Waals surface area contributed by atoms with E-state index in [1.165, 1.54) is 6.92 Å². The number of anilines is 3. The predicted molar refractivity (Wildman–Crippen MR) is 75.3 cm³/mol. The van der Waals surface area contributed by atoms with E-state index in [9.17, 15) is 4.79 Å². The number of nitrogens with one attached hydrogen (secondary N) is 1. The number of ketones is 1. The highest BCUT2D eigenvalue weighted by atomic mass is 16.1. The lowest BCUT2D eigenvalue weighted by atomic mass is 10.1. The molecule has 2 rings (SSSR count). The molecule has 2 aromatic carbocycles. The number of carbonyl (C=O) groups is 1. The van der Waals surface area contributed by atoms with Gasteiger partial charge in [-0.25, -0.2) is 0 Å². The minimum Gasteiger partial charge on any atom is -0.398 e. The van der Waals surface area contributed by atoms with Crippen LogP contribution in [0.5, 0.6) is 0 Å². The zero-order valence-corrected chi connectivity index (χ0v) is 10.5. The van der Waals surface area contributed by atoms with Crippen LogP contribution in [0.1, 0.15) is 22.8 Å². The van der Waals surface area contributed by atoms with Crippen molar-refractivity contribution in [2.75, 3.05) is 11.1 Å². The maximum absolute atomic E-state index is 11.3. The molecule has 0 saturated heterocycles. The quantitative estimate of drug-likeness (QED) is 0.649. The molecule has 0 aliphatic heterocycles. The van der Waals surface area contributed by atoms with Gasteiger partial charge >= 0.3 is 0 Å². The van der Waals surface area contributed by atoms with E-state index in [0.717, 1.165) is 11.4 Å². The summed E-state index contributed by atoms with van der Waals surface area (Å²) in [6, 6.07) is 14.4. The SMILES string of the molecule is CC(=O)c1ccc(Nc2cccc(C#N)c2)cc1N. The zero-order chi connectivity index (χ0) is 13.8. The van der Waals surface area contributed by atoms with Crippen LogP contribution >= 0.6 is 0 Å². The predicted octanol–water partition coefficient (Wildman–Crippen LogP) is 3.09. The summed E-state index contributed by atoms with van der Waals surface area (Å²) in [5.74, 6) is -0.0597. The van der Waals surface area contributed by atoms with Crippen molar-refractivity contribution in [1.29, 1.82) is 5.26 Å². The second kappa shape index (κ2) is 5.23. The van der Waals surface area contributed by atoms with E-state index in [-0.39, 0.29) is 5.78 Å². The van der Waals surface area contributed by atoms with E-state index >= 15 is 0 Å². The van der Waals surface area contributed by atoms with E-state index in [1.807, 2.05) is 6.07 Å². The molecule has 0 bridgehead atoms. The van der Waals surface area contributed by atoms with Crippen molar-refractivity contribution in [3.63, 3.8) is 0 Å².